The molecule has 0 bridgehead atoms. The molecule has 3 atom stereocenters. The zero-order valence-corrected chi connectivity index (χ0v) is 19.2. The third kappa shape index (κ3) is 4.32. The molecule has 2 aromatic carbocycles. The maximum Gasteiger partial charge on any atom is 0.227 e. The maximum absolute atomic E-state index is 12.8. The van der Waals surface area contributed by atoms with Gasteiger partial charge in [-0.15, -0.1) is 0 Å². The molecule has 0 spiro atoms. The largest absolute Gasteiger partial charge is 0.323 e. The molecule has 0 aliphatic carbocycles. The van der Waals surface area contributed by atoms with Crippen molar-refractivity contribution in [2.24, 2.45) is 5.92 Å². The minimum atomic E-state index is -0.420. The number of anilines is 1. The first-order valence-corrected chi connectivity index (χ1v) is 10.9. The van der Waals surface area contributed by atoms with Gasteiger partial charge in [0.1, 0.15) is 0 Å². The van der Waals surface area contributed by atoms with Crippen LogP contribution in [0.3, 0.4) is 0 Å². The van der Waals surface area contributed by atoms with Crippen LogP contribution < -0.4 is 16.0 Å². The quantitative estimate of drug-likeness (QED) is 0.540. The van der Waals surface area contributed by atoms with Crippen LogP contribution >= 0.6 is 15.9 Å². The minimum Gasteiger partial charge on any atom is -0.323 e. The first kappa shape index (κ1) is 20.8. The molecule has 3 unspecified atom stereocenters. The first-order valence-electron chi connectivity index (χ1n) is 10.1. The summed E-state index contributed by atoms with van der Waals surface area (Å²) in [6, 6.07) is 12.3. The summed E-state index contributed by atoms with van der Waals surface area (Å²) in [4.78, 5) is 22.1. The molecule has 6 nitrogen and oxygen atoms in total. The third-order valence-corrected chi connectivity index (χ3v) is 6.15. The molecule has 0 saturated carbocycles. The SMILES string of the molecule is Cc1cc(C)c2nc(NC3NC(=O)C(Cc4ccc(Br)cc4)C(C)N3)nc(C)c2c1. The van der Waals surface area contributed by atoms with Crippen molar-refractivity contribution < 1.29 is 4.79 Å². The van der Waals surface area contributed by atoms with Gasteiger partial charge in [0, 0.05) is 15.9 Å². The third-order valence-electron chi connectivity index (χ3n) is 5.62. The fraction of sp³-hybridized carbons (Fsp3) is 0.348. The summed E-state index contributed by atoms with van der Waals surface area (Å²) in [7, 11) is 0. The van der Waals surface area contributed by atoms with Crippen molar-refractivity contribution in [3.05, 3.63) is 63.3 Å². The minimum absolute atomic E-state index is 0.00540. The van der Waals surface area contributed by atoms with Crippen molar-refractivity contribution in [3.8, 4) is 0 Å². The van der Waals surface area contributed by atoms with E-state index in [4.69, 9.17) is 4.98 Å². The predicted octanol–water partition coefficient (Wildman–Crippen LogP) is 3.98. The molecule has 30 heavy (non-hydrogen) atoms. The van der Waals surface area contributed by atoms with E-state index in [1.54, 1.807) is 0 Å². The molecular formula is C23H26BrN5O. The Morgan fingerprint density at radius 3 is 2.53 bits per heavy atom. The Kier molecular flexibility index (Phi) is 5.75. The summed E-state index contributed by atoms with van der Waals surface area (Å²) >= 11 is 3.45. The lowest BCUT2D eigenvalue weighted by Crippen LogP contribution is -2.63. The van der Waals surface area contributed by atoms with E-state index in [1.165, 1.54) is 5.56 Å². The molecule has 1 aromatic heterocycles. The number of hydrogen-bond donors (Lipinski definition) is 3. The number of aryl methyl sites for hydroxylation is 3. The van der Waals surface area contributed by atoms with Crippen molar-refractivity contribution in [2.45, 2.75) is 46.4 Å². The smallest absolute Gasteiger partial charge is 0.227 e. The highest BCUT2D eigenvalue weighted by molar-refractivity contribution is 9.10. The second-order valence-corrected chi connectivity index (χ2v) is 9.00. The fourth-order valence-electron chi connectivity index (χ4n) is 4.05. The van der Waals surface area contributed by atoms with Gasteiger partial charge < -0.3 is 10.6 Å². The van der Waals surface area contributed by atoms with Gasteiger partial charge in [-0.3, -0.25) is 10.1 Å². The second-order valence-electron chi connectivity index (χ2n) is 8.09. The van der Waals surface area contributed by atoms with E-state index in [-0.39, 0.29) is 17.9 Å². The summed E-state index contributed by atoms with van der Waals surface area (Å²) < 4.78 is 1.03. The number of carbonyl (C=O) groups is 1. The summed E-state index contributed by atoms with van der Waals surface area (Å²) in [5.41, 5.74) is 5.29. The average Bonchev–Trinajstić information content (AvgIpc) is 2.67. The van der Waals surface area contributed by atoms with Gasteiger partial charge in [0.15, 0.2) is 6.29 Å². The highest BCUT2D eigenvalue weighted by Crippen LogP contribution is 2.23. The summed E-state index contributed by atoms with van der Waals surface area (Å²) in [6.45, 7) is 8.15. The predicted molar refractivity (Wildman–Crippen MR) is 123 cm³/mol. The zero-order chi connectivity index (χ0) is 21.4. The maximum atomic E-state index is 12.8. The number of hydrogen-bond acceptors (Lipinski definition) is 5. The molecule has 1 amide bonds. The molecule has 1 aliphatic rings. The van der Waals surface area contributed by atoms with Gasteiger partial charge in [0.2, 0.25) is 11.9 Å². The molecule has 0 radical (unpaired) electrons. The Balaban J connectivity index is 1.49. The zero-order valence-electron chi connectivity index (χ0n) is 17.6. The van der Waals surface area contributed by atoms with Gasteiger partial charge in [-0.1, -0.05) is 39.7 Å². The van der Waals surface area contributed by atoms with Gasteiger partial charge in [-0.05, 0) is 63.4 Å². The van der Waals surface area contributed by atoms with Gasteiger partial charge in [-0.2, -0.15) is 0 Å². The average molecular weight is 468 g/mol. The molecular weight excluding hydrogens is 442 g/mol. The molecule has 156 valence electrons. The van der Waals surface area contributed by atoms with Crippen LogP contribution in [0.4, 0.5) is 5.95 Å². The number of rotatable bonds is 4. The number of amides is 1. The lowest BCUT2D eigenvalue weighted by atomic mass is 9.91. The summed E-state index contributed by atoms with van der Waals surface area (Å²) in [5, 5.41) is 10.7. The van der Waals surface area contributed by atoms with Crippen molar-refractivity contribution in [2.75, 3.05) is 5.32 Å². The van der Waals surface area contributed by atoms with Gasteiger partial charge in [0.05, 0.1) is 17.1 Å². The number of fused-ring (bicyclic) bond motifs is 1. The van der Waals surface area contributed by atoms with Gasteiger partial charge in [-0.25, -0.2) is 9.97 Å². The second kappa shape index (κ2) is 8.32. The molecule has 1 aliphatic heterocycles. The molecule has 4 rings (SSSR count). The Morgan fingerprint density at radius 1 is 1.10 bits per heavy atom. The van der Waals surface area contributed by atoms with E-state index in [0.717, 1.165) is 32.2 Å². The van der Waals surface area contributed by atoms with Gasteiger partial charge >= 0.3 is 0 Å². The van der Waals surface area contributed by atoms with E-state index in [0.29, 0.717) is 12.4 Å². The molecule has 1 fully saturated rings. The number of halogens is 1. The van der Waals surface area contributed by atoms with Crippen LogP contribution in [-0.4, -0.2) is 28.2 Å². The first-order chi connectivity index (χ1) is 14.3. The van der Waals surface area contributed by atoms with E-state index in [2.05, 4.69) is 62.8 Å². The summed E-state index contributed by atoms with van der Waals surface area (Å²) in [5.74, 6) is 0.378. The summed E-state index contributed by atoms with van der Waals surface area (Å²) in [6.07, 6.45) is 0.265. The van der Waals surface area contributed by atoms with Crippen molar-refractivity contribution in [1.82, 2.24) is 20.6 Å². The van der Waals surface area contributed by atoms with E-state index < -0.39 is 6.29 Å². The standard InChI is InChI=1S/C23H26BrN5O/c1-12-9-13(2)20-18(10-12)14(3)25-22(27-20)29-23-26-15(4)19(21(30)28-23)11-16-5-7-17(24)8-6-16/h5-10,15,19,23,26H,11H2,1-4H3,(H,28,30)(H,25,27,29). The molecule has 1 saturated heterocycles. The van der Waals surface area contributed by atoms with Crippen LogP contribution in [-0.2, 0) is 11.2 Å². The van der Waals surface area contributed by atoms with Crippen LogP contribution in [0.1, 0.15) is 29.3 Å². The van der Waals surface area contributed by atoms with E-state index in [1.807, 2.05) is 38.1 Å². The number of nitrogens with zero attached hydrogens (tertiary/aromatic N) is 2. The molecule has 3 aromatic rings. The van der Waals surface area contributed by atoms with Crippen LogP contribution in [0.2, 0.25) is 0 Å². The van der Waals surface area contributed by atoms with E-state index in [9.17, 15) is 4.79 Å². The lowest BCUT2D eigenvalue weighted by Gasteiger charge is -2.36. The van der Waals surface area contributed by atoms with Crippen LogP contribution in [0.15, 0.2) is 40.9 Å². The van der Waals surface area contributed by atoms with Crippen molar-refractivity contribution >= 4 is 38.7 Å². The number of nitrogens with one attached hydrogen (secondary N) is 3. The Morgan fingerprint density at radius 2 is 1.83 bits per heavy atom. The Labute approximate surface area is 185 Å². The van der Waals surface area contributed by atoms with Gasteiger partial charge in [0.25, 0.3) is 0 Å². The van der Waals surface area contributed by atoms with Crippen LogP contribution in [0.5, 0.6) is 0 Å². The van der Waals surface area contributed by atoms with Crippen molar-refractivity contribution in [3.63, 3.8) is 0 Å². The monoisotopic (exact) mass is 467 g/mol. The highest BCUT2D eigenvalue weighted by Gasteiger charge is 2.33. The lowest BCUT2D eigenvalue weighted by molar-refractivity contribution is -0.128. The fourth-order valence-corrected chi connectivity index (χ4v) is 4.31. The molecule has 3 N–H and O–H groups in total. The van der Waals surface area contributed by atoms with Crippen LogP contribution in [0.25, 0.3) is 10.9 Å². The topological polar surface area (TPSA) is 78.9 Å². The van der Waals surface area contributed by atoms with E-state index >= 15 is 0 Å². The highest BCUT2D eigenvalue weighted by atomic mass is 79.9. The van der Waals surface area contributed by atoms with Crippen LogP contribution in [0, 0.1) is 26.7 Å². The number of aromatic nitrogens is 2. The molecule has 2 heterocycles. The number of benzene rings is 2. The number of carbonyl (C=O) groups excluding carboxylic acids is 1. The molecule has 7 heteroatoms. The Bertz CT molecular complexity index is 1100. The van der Waals surface area contributed by atoms with Crippen molar-refractivity contribution in [1.29, 1.82) is 0 Å². The Hall–Kier alpha value is -2.51. The normalized spacial score (nSPS) is 21.5.